The summed E-state index contributed by atoms with van der Waals surface area (Å²) in [6.07, 6.45) is 1.30. The molecule has 0 fully saturated rings. The monoisotopic (exact) mass is 225 g/mol. The van der Waals surface area contributed by atoms with Crippen molar-refractivity contribution in [1.29, 1.82) is 0 Å². The molecule has 1 unspecified atom stereocenters. The molecular formula is C11H15NO2S. The molecule has 1 N–H and O–H groups in total. The molecule has 15 heavy (non-hydrogen) atoms. The lowest BCUT2D eigenvalue weighted by Gasteiger charge is -2.31. The van der Waals surface area contributed by atoms with Crippen LogP contribution in [0.1, 0.15) is 23.8 Å². The minimum atomic E-state index is -0.710. The molecule has 1 aliphatic rings. The van der Waals surface area contributed by atoms with E-state index in [-0.39, 0.29) is 12.5 Å². The van der Waals surface area contributed by atoms with E-state index in [9.17, 15) is 4.79 Å². The third-order valence-electron chi connectivity index (χ3n) is 2.93. The van der Waals surface area contributed by atoms with Crippen molar-refractivity contribution in [2.45, 2.75) is 32.4 Å². The van der Waals surface area contributed by atoms with Gasteiger partial charge in [0.15, 0.2) is 0 Å². The highest BCUT2D eigenvalue weighted by atomic mass is 32.1. The lowest BCUT2D eigenvalue weighted by molar-refractivity contribution is -0.138. The minimum absolute atomic E-state index is 0.135. The summed E-state index contributed by atoms with van der Waals surface area (Å²) in [5.41, 5.74) is 1.38. The van der Waals surface area contributed by atoms with Crippen molar-refractivity contribution in [3.05, 3.63) is 21.9 Å². The molecule has 0 amide bonds. The van der Waals surface area contributed by atoms with Crippen LogP contribution in [0.25, 0.3) is 0 Å². The number of carboxylic acid groups (broad SMARTS) is 1. The number of aliphatic carboxylic acids is 1. The van der Waals surface area contributed by atoms with Gasteiger partial charge in [0.05, 0.1) is 6.42 Å². The second-order valence-electron chi connectivity index (χ2n) is 4.04. The van der Waals surface area contributed by atoms with Crippen LogP contribution in [-0.4, -0.2) is 28.6 Å². The Morgan fingerprint density at radius 3 is 3.27 bits per heavy atom. The van der Waals surface area contributed by atoms with Crippen molar-refractivity contribution in [3.63, 3.8) is 0 Å². The number of fused-ring (bicyclic) bond motifs is 1. The van der Waals surface area contributed by atoms with Crippen molar-refractivity contribution in [3.8, 4) is 0 Å². The highest BCUT2D eigenvalue weighted by Crippen LogP contribution is 2.25. The quantitative estimate of drug-likeness (QED) is 0.855. The van der Waals surface area contributed by atoms with Crippen molar-refractivity contribution in [2.24, 2.45) is 0 Å². The molecule has 0 aromatic carbocycles. The Morgan fingerprint density at radius 2 is 2.53 bits per heavy atom. The molecule has 2 heterocycles. The Labute approximate surface area is 93.3 Å². The summed E-state index contributed by atoms with van der Waals surface area (Å²) >= 11 is 1.81. The van der Waals surface area contributed by atoms with Crippen molar-refractivity contribution < 1.29 is 9.90 Å². The fraction of sp³-hybridized carbons (Fsp3) is 0.545. The standard InChI is InChI=1S/C11H15NO2S/c1-8(6-11(13)14)12-4-2-10-9(7-12)3-5-15-10/h3,5,8H,2,4,6-7H2,1H3,(H,13,14). The first-order valence-corrected chi connectivity index (χ1v) is 6.06. The molecular weight excluding hydrogens is 210 g/mol. The predicted octanol–water partition coefficient (Wildman–Crippen LogP) is 1.97. The van der Waals surface area contributed by atoms with Crippen molar-refractivity contribution in [2.75, 3.05) is 6.54 Å². The van der Waals surface area contributed by atoms with E-state index in [1.54, 1.807) is 0 Å². The largest absolute Gasteiger partial charge is 0.481 e. The molecule has 1 aromatic heterocycles. The van der Waals surface area contributed by atoms with Gasteiger partial charge in [-0.05, 0) is 30.4 Å². The lowest BCUT2D eigenvalue weighted by atomic mass is 10.1. The summed E-state index contributed by atoms with van der Waals surface area (Å²) in [4.78, 5) is 14.3. The second kappa shape index (κ2) is 4.33. The van der Waals surface area contributed by atoms with Gasteiger partial charge >= 0.3 is 5.97 Å². The highest BCUT2D eigenvalue weighted by Gasteiger charge is 2.22. The number of hydrogen-bond acceptors (Lipinski definition) is 3. The summed E-state index contributed by atoms with van der Waals surface area (Å²) in [5.74, 6) is -0.710. The summed E-state index contributed by atoms with van der Waals surface area (Å²) in [6, 6.07) is 2.29. The summed E-state index contributed by atoms with van der Waals surface area (Å²) in [7, 11) is 0. The number of thiophene rings is 1. The Kier molecular flexibility index (Phi) is 3.07. The van der Waals surface area contributed by atoms with Gasteiger partial charge in [-0.15, -0.1) is 11.3 Å². The van der Waals surface area contributed by atoms with Crippen LogP contribution in [0.5, 0.6) is 0 Å². The Balaban J connectivity index is 2.00. The molecule has 0 bridgehead atoms. The zero-order valence-electron chi connectivity index (χ0n) is 8.77. The minimum Gasteiger partial charge on any atom is -0.481 e. The van der Waals surface area contributed by atoms with Crippen LogP contribution in [0.3, 0.4) is 0 Å². The van der Waals surface area contributed by atoms with Crippen LogP contribution < -0.4 is 0 Å². The van der Waals surface area contributed by atoms with Gasteiger partial charge in [0.25, 0.3) is 0 Å². The summed E-state index contributed by atoms with van der Waals surface area (Å²) in [5, 5.41) is 10.9. The van der Waals surface area contributed by atoms with Gasteiger partial charge in [-0.1, -0.05) is 0 Å². The maximum Gasteiger partial charge on any atom is 0.304 e. The first-order chi connectivity index (χ1) is 7.16. The number of carbonyl (C=O) groups is 1. The number of hydrogen-bond donors (Lipinski definition) is 1. The fourth-order valence-electron chi connectivity index (χ4n) is 2.03. The molecule has 0 spiro atoms. The third kappa shape index (κ3) is 2.38. The zero-order valence-corrected chi connectivity index (χ0v) is 9.59. The highest BCUT2D eigenvalue weighted by molar-refractivity contribution is 7.10. The molecule has 0 saturated carbocycles. The predicted molar refractivity (Wildman–Crippen MR) is 60.1 cm³/mol. The van der Waals surface area contributed by atoms with E-state index in [1.807, 2.05) is 18.3 Å². The molecule has 2 rings (SSSR count). The Morgan fingerprint density at radius 1 is 1.73 bits per heavy atom. The summed E-state index contributed by atoms with van der Waals surface area (Å²) in [6.45, 7) is 3.89. The van der Waals surface area contributed by atoms with Crippen molar-refractivity contribution >= 4 is 17.3 Å². The van der Waals surface area contributed by atoms with Gasteiger partial charge < -0.3 is 5.11 Å². The smallest absolute Gasteiger partial charge is 0.304 e. The molecule has 1 atom stereocenters. The van der Waals surface area contributed by atoms with E-state index in [2.05, 4.69) is 16.3 Å². The maximum absolute atomic E-state index is 10.6. The normalized spacial score (nSPS) is 18.5. The SMILES string of the molecule is CC(CC(=O)O)N1CCc2sccc2C1. The van der Waals surface area contributed by atoms with Gasteiger partial charge in [-0.3, -0.25) is 9.69 Å². The van der Waals surface area contributed by atoms with E-state index in [0.29, 0.717) is 0 Å². The lowest BCUT2D eigenvalue weighted by Crippen LogP contribution is -2.38. The zero-order chi connectivity index (χ0) is 10.8. The van der Waals surface area contributed by atoms with Crippen LogP contribution in [-0.2, 0) is 17.8 Å². The van der Waals surface area contributed by atoms with Gasteiger partial charge in [0.2, 0.25) is 0 Å². The first-order valence-electron chi connectivity index (χ1n) is 5.18. The first kappa shape index (κ1) is 10.6. The van der Waals surface area contributed by atoms with Crippen LogP contribution in [0, 0.1) is 0 Å². The van der Waals surface area contributed by atoms with Crippen molar-refractivity contribution in [1.82, 2.24) is 4.90 Å². The van der Waals surface area contributed by atoms with Crippen LogP contribution in [0.15, 0.2) is 11.4 Å². The number of carboxylic acids is 1. The third-order valence-corrected chi connectivity index (χ3v) is 3.95. The Bertz CT molecular complexity index is 361. The molecule has 4 heteroatoms. The van der Waals surface area contributed by atoms with E-state index < -0.39 is 5.97 Å². The molecule has 0 saturated heterocycles. The second-order valence-corrected chi connectivity index (χ2v) is 5.04. The van der Waals surface area contributed by atoms with Gasteiger partial charge in [0.1, 0.15) is 0 Å². The van der Waals surface area contributed by atoms with Crippen LogP contribution in [0.4, 0.5) is 0 Å². The van der Waals surface area contributed by atoms with E-state index in [1.165, 1.54) is 10.4 Å². The average Bonchev–Trinajstić information content (AvgIpc) is 2.62. The molecule has 0 radical (unpaired) electrons. The topological polar surface area (TPSA) is 40.5 Å². The van der Waals surface area contributed by atoms with Gasteiger partial charge in [-0.2, -0.15) is 0 Å². The summed E-state index contributed by atoms with van der Waals surface area (Å²) < 4.78 is 0. The molecule has 3 nitrogen and oxygen atoms in total. The average molecular weight is 225 g/mol. The van der Waals surface area contributed by atoms with E-state index in [0.717, 1.165) is 19.5 Å². The van der Waals surface area contributed by atoms with Crippen LogP contribution in [0.2, 0.25) is 0 Å². The fourth-order valence-corrected chi connectivity index (χ4v) is 2.92. The van der Waals surface area contributed by atoms with E-state index >= 15 is 0 Å². The number of nitrogens with zero attached hydrogens (tertiary/aromatic N) is 1. The number of rotatable bonds is 3. The van der Waals surface area contributed by atoms with Gasteiger partial charge in [0, 0.05) is 24.0 Å². The maximum atomic E-state index is 10.6. The molecule has 1 aromatic rings. The molecule has 0 aliphatic carbocycles. The van der Waals surface area contributed by atoms with E-state index in [4.69, 9.17) is 5.11 Å². The van der Waals surface area contributed by atoms with Gasteiger partial charge in [-0.25, -0.2) is 0 Å². The Hall–Kier alpha value is -0.870. The molecule has 1 aliphatic heterocycles. The van der Waals surface area contributed by atoms with Crippen LogP contribution >= 0.6 is 11.3 Å². The molecule has 82 valence electrons.